The Balaban J connectivity index is 2.93. The molecular weight excluding hydrogens is 214 g/mol. The molecule has 0 unspecified atom stereocenters. The standard InChI is InChI=1S/C8H13N5O3/c1-9-7-6(13(15)16)8(12-5-11-7)10-3-2-4-14/h5,14H,2-4H2,1H3,(H2,9,10,11,12). The van der Waals surface area contributed by atoms with Crippen LogP contribution in [0.4, 0.5) is 17.3 Å². The van der Waals surface area contributed by atoms with Crippen LogP contribution >= 0.6 is 0 Å². The zero-order chi connectivity index (χ0) is 12.0. The van der Waals surface area contributed by atoms with E-state index in [9.17, 15) is 10.1 Å². The second-order valence-electron chi connectivity index (χ2n) is 2.93. The first-order valence-electron chi connectivity index (χ1n) is 4.72. The number of aromatic nitrogens is 2. The van der Waals surface area contributed by atoms with Gasteiger partial charge in [0.1, 0.15) is 6.33 Å². The number of hydrogen-bond acceptors (Lipinski definition) is 7. The van der Waals surface area contributed by atoms with Gasteiger partial charge in [0, 0.05) is 20.2 Å². The van der Waals surface area contributed by atoms with Gasteiger partial charge in [-0.2, -0.15) is 0 Å². The van der Waals surface area contributed by atoms with Gasteiger partial charge < -0.3 is 15.7 Å². The number of nitrogens with one attached hydrogen (secondary N) is 2. The summed E-state index contributed by atoms with van der Waals surface area (Å²) in [4.78, 5) is 17.8. The number of aliphatic hydroxyl groups is 1. The highest BCUT2D eigenvalue weighted by molar-refractivity contribution is 5.68. The topological polar surface area (TPSA) is 113 Å². The number of nitro groups is 1. The number of hydrogen-bond donors (Lipinski definition) is 3. The number of anilines is 2. The van der Waals surface area contributed by atoms with Crippen molar-refractivity contribution in [2.24, 2.45) is 0 Å². The van der Waals surface area contributed by atoms with Crippen LogP contribution in [0.5, 0.6) is 0 Å². The molecule has 0 saturated carbocycles. The van der Waals surface area contributed by atoms with Crippen LogP contribution in [-0.4, -0.2) is 40.2 Å². The van der Waals surface area contributed by atoms with E-state index in [1.165, 1.54) is 6.33 Å². The molecule has 1 aromatic heterocycles. The van der Waals surface area contributed by atoms with Gasteiger partial charge in [-0.25, -0.2) is 9.97 Å². The summed E-state index contributed by atoms with van der Waals surface area (Å²) in [5.74, 6) is 0.310. The average molecular weight is 227 g/mol. The first-order chi connectivity index (χ1) is 7.70. The first-order valence-corrected chi connectivity index (χ1v) is 4.72. The summed E-state index contributed by atoms with van der Waals surface area (Å²) < 4.78 is 0. The van der Waals surface area contributed by atoms with Crippen molar-refractivity contribution in [2.45, 2.75) is 6.42 Å². The Morgan fingerprint density at radius 1 is 1.50 bits per heavy atom. The van der Waals surface area contributed by atoms with Crippen LogP contribution < -0.4 is 10.6 Å². The molecule has 16 heavy (non-hydrogen) atoms. The van der Waals surface area contributed by atoms with Crippen LogP contribution in [-0.2, 0) is 0 Å². The molecule has 8 heteroatoms. The van der Waals surface area contributed by atoms with Crippen LogP contribution in [0.2, 0.25) is 0 Å². The molecule has 0 aliphatic rings. The minimum atomic E-state index is -0.548. The van der Waals surface area contributed by atoms with Crippen molar-refractivity contribution in [3.63, 3.8) is 0 Å². The largest absolute Gasteiger partial charge is 0.396 e. The Kier molecular flexibility index (Phi) is 4.40. The summed E-state index contributed by atoms with van der Waals surface area (Å²) in [5, 5.41) is 24.8. The molecule has 0 spiro atoms. The molecule has 0 radical (unpaired) electrons. The quantitative estimate of drug-likeness (QED) is 0.362. The average Bonchev–Trinajstić information content (AvgIpc) is 2.28. The van der Waals surface area contributed by atoms with Crippen LogP contribution in [0.15, 0.2) is 6.33 Å². The second kappa shape index (κ2) is 5.81. The maximum Gasteiger partial charge on any atom is 0.353 e. The van der Waals surface area contributed by atoms with E-state index < -0.39 is 4.92 Å². The summed E-state index contributed by atoms with van der Waals surface area (Å²) in [6.07, 6.45) is 1.73. The lowest BCUT2D eigenvalue weighted by molar-refractivity contribution is -0.383. The zero-order valence-electron chi connectivity index (χ0n) is 8.80. The van der Waals surface area contributed by atoms with E-state index in [0.29, 0.717) is 13.0 Å². The molecule has 88 valence electrons. The normalized spacial score (nSPS) is 9.88. The molecule has 3 N–H and O–H groups in total. The fraction of sp³-hybridized carbons (Fsp3) is 0.500. The molecule has 1 heterocycles. The minimum absolute atomic E-state index is 0.0186. The van der Waals surface area contributed by atoms with E-state index in [1.54, 1.807) is 7.05 Å². The maximum atomic E-state index is 10.8. The Hall–Kier alpha value is -1.96. The Morgan fingerprint density at radius 3 is 2.75 bits per heavy atom. The first kappa shape index (κ1) is 12.1. The van der Waals surface area contributed by atoms with Crippen LogP contribution in [0.25, 0.3) is 0 Å². The van der Waals surface area contributed by atoms with Gasteiger partial charge in [-0.1, -0.05) is 0 Å². The third kappa shape index (κ3) is 2.76. The monoisotopic (exact) mass is 227 g/mol. The predicted octanol–water partition coefficient (Wildman–Crippen LogP) is 0.221. The summed E-state index contributed by atoms with van der Waals surface area (Å²) >= 11 is 0. The lowest BCUT2D eigenvalue weighted by atomic mass is 10.4. The van der Waals surface area contributed by atoms with Crippen molar-refractivity contribution in [1.82, 2.24) is 9.97 Å². The van der Waals surface area contributed by atoms with Crippen molar-refractivity contribution < 1.29 is 10.0 Å². The predicted molar refractivity (Wildman–Crippen MR) is 58.4 cm³/mol. The molecule has 8 nitrogen and oxygen atoms in total. The summed E-state index contributed by atoms with van der Waals surface area (Å²) in [6, 6.07) is 0. The highest BCUT2D eigenvalue weighted by Crippen LogP contribution is 2.27. The summed E-state index contributed by atoms with van der Waals surface area (Å²) in [5.41, 5.74) is -0.192. The van der Waals surface area contributed by atoms with Crippen LogP contribution in [0.1, 0.15) is 6.42 Å². The minimum Gasteiger partial charge on any atom is -0.396 e. The maximum absolute atomic E-state index is 10.8. The van der Waals surface area contributed by atoms with E-state index in [4.69, 9.17) is 5.11 Å². The van der Waals surface area contributed by atoms with E-state index in [2.05, 4.69) is 20.6 Å². The molecule has 0 fully saturated rings. The molecule has 0 aliphatic heterocycles. The van der Waals surface area contributed by atoms with Gasteiger partial charge in [0.25, 0.3) is 0 Å². The highest BCUT2D eigenvalue weighted by Gasteiger charge is 2.21. The zero-order valence-corrected chi connectivity index (χ0v) is 8.80. The highest BCUT2D eigenvalue weighted by atomic mass is 16.6. The number of rotatable bonds is 6. The van der Waals surface area contributed by atoms with Gasteiger partial charge in [0.05, 0.1) is 4.92 Å². The summed E-state index contributed by atoms with van der Waals surface area (Å²) in [7, 11) is 1.55. The fourth-order valence-electron chi connectivity index (χ4n) is 1.15. The third-order valence-electron chi connectivity index (χ3n) is 1.87. The van der Waals surface area contributed by atoms with Gasteiger partial charge in [-0.3, -0.25) is 10.1 Å². The van der Waals surface area contributed by atoms with Crippen molar-refractivity contribution in [1.29, 1.82) is 0 Å². The van der Waals surface area contributed by atoms with Crippen molar-refractivity contribution >= 4 is 17.3 Å². The van der Waals surface area contributed by atoms with Crippen LogP contribution in [0.3, 0.4) is 0 Å². The van der Waals surface area contributed by atoms with Gasteiger partial charge >= 0.3 is 5.69 Å². The van der Waals surface area contributed by atoms with Gasteiger partial charge in [0.2, 0.25) is 11.6 Å². The molecule has 0 aromatic carbocycles. The molecule has 0 aliphatic carbocycles. The Labute approximate surface area is 91.9 Å². The van der Waals surface area contributed by atoms with Crippen molar-refractivity contribution in [3.8, 4) is 0 Å². The molecule has 0 atom stereocenters. The molecule has 1 rings (SSSR count). The number of nitrogens with zero attached hydrogens (tertiary/aromatic N) is 3. The Bertz CT molecular complexity index is 371. The molecule has 0 bridgehead atoms. The summed E-state index contributed by atoms with van der Waals surface area (Å²) in [6.45, 7) is 0.433. The van der Waals surface area contributed by atoms with E-state index in [0.717, 1.165) is 0 Å². The fourth-order valence-corrected chi connectivity index (χ4v) is 1.15. The smallest absolute Gasteiger partial charge is 0.353 e. The van der Waals surface area contributed by atoms with E-state index in [-0.39, 0.29) is 23.9 Å². The van der Waals surface area contributed by atoms with Crippen molar-refractivity contribution in [2.75, 3.05) is 30.8 Å². The van der Waals surface area contributed by atoms with E-state index >= 15 is 0 Å². The number of aliphatic hydroxyl groups excluding tert-OH is 1. The molecular formula is C8H13N5O3. The van der Waals surface area contributed by atoms with E-state index in [1.807, 2.05) is 0 Å². The second-order valence-corrected chi connectivity index (χ2v) is 2.93. The van der Waals surface area contributed by atoms with Crippen molar-refractivity contribution in [3.05, 3.63) is 16.4 Å². The SMILES string of the molecule is CNc1ncnc(NCCCO)c1[N+](=O)[O-]. The lowest BCUT2D eigenvalue weighted by Gasteiger charge is -2.07. The van der Waals surface area contributed by atoms with Gasteiger partial charge in [0.15, 0.2) is 0 Å². The molecule has 0 amide bonds. The van der Waals surface area contributed by atoms with Gasteiger partial charge in [-0.15, -0.1) is 0 Å². The van der Waals surface area contributed by atoms with Gasteiger partial charge in [-0.05, 0) is 6.42 Å². The molecule has 0 saturated heterocycles. The third-order valence-corrected chi connectivity index (χ3v) is 1.87. The Morgan fingerprint density at radius 2 is 2.19 bits per heavy atom. The lowest BCUT2D eigenvalue weighted by Crippen LogP contribution is -2.10. The van der Waals surface area contributed by atoms with Crippen LogP contribution in [0, 0.1) is 10.1 Å². The molecule has 1 aromatic rings.